The molecule has 19 heavy (non-hydrogen) atoms. The molecule has 0 unspecified atom stereocenters. The molecule has 0 aliphatic carbocycles. The van der Waals surface area contributed by atoms with E-state index < -0.39 is 15.8 Å². The predicted octanol–water partition coefficient (Wildman–Crippen LogP) is 2.00. The quantitative estimate of drug-likeness (QED) is 0.841. The summed E-state index contributed by atoms with van der Waals surface area (Å²) in [6.45, 7) is 6.31. The average molecular weight is 288 g/mol. The van der Waals surface area contributed by atoms with E-state index in [-0.39, 0.29) is 23.4 Å². The van der Waals surface area contributed by atoms with E-state index in [4.69, 9.17) is 5.73 Å². The third kappa shape index (κ3) is 4.26. The Kier molecular flexibility index (Phi) is 5.06. The molecule has 0 radical (unpaired) electrons. The first kappa shape index (κ1) is 16.1. The number of hydrogen-bond donors (Lipinski definition) is 2. The molecule has 4 nitrogen and oxygen atoms in total. The molecule has 0 fully saturated rings. The van der Waals surface area contributed by atoms with Crippen LogP contribution >= 0.6 is 0 Å². The maximum Gasteiger partial charge on any atom is 0.243 e. The van der Waals surface area contributed by atoms with Crippen LogP contribution < -0.4 is 10.5 Å². The van der Waals surface area contributed by atoms with Gasteiger partial charge in [0.05, 0.1) is 0 Å². The number of nitrogens with one attached hydrogen (secondary N) is 1. The summed E-state index contributed by atoms with van der Waals surface area (Å²) in [7, 11) is -3.83. The summed E-state index contributed by atoms with van der Waals surface area (Å²) >= 11 is 0. The monoisotopic (exact) mass is 288 g/mol. The third-order valence-corrected chi connectivity index (χ3v) is 4.65. The van der Waals surface area contributed by atoms with Crippen LogP contribution in [0.2, 0.25) is 0 Å². The molecule has 6 heteroatoms. The molecule has 0 aliphatic rings. The van der Waals surface area contributed by atoms with E-state index in [1.807, 2.05) is 20.8 Å². The van der Waals surface area contributed by atoms with Crippen LogP contribution in [0, 0.1) is 11.2 Å². The lowest BCUT2D eigenvalue weighted by molar-refractivity contribution is 0.350. The van der Waals surface area contributed by atoms with Gasteiger partial charge >= 0.3 is 0 Å². The molecule has 0 heterocycles. The van der Waals surface area contributed by atoms with E-state index in [1.54, 1.807) is 0 Å². The molecule has 0 aromatic heterocycles. The van der Waals surface area contributed by atoms with E-state index in [1.165, 1.54) is 12.1 Å². The van der Waals surface area contributed by atoms with Gasteiger partial charge in [0.25, 0.3) is 0 Å². The van der Waals surface area contributed by atoms with Crippen LogP contribution in [0.3, 0.4) is 0 Å². The third-order valence-electron chi connectivity index (χ3n) is 3.22. The summed E-state index contributed by atoms with van der Waals surface area (Å²) in [6.07, 6.45) is 0.824. The highest BCUT2D eigenvalue weighted by Gasteiger charge is 2.23. The Labute approximate surface area is 114 Å². The predicted molar refractivity (Wildman–Crippen MR) is 73.6 cm³/mol. The van der Waals surface area contributed by atoms with E-state index in [9.17, 15) is 12.8 Å². The van der Waals surface area contributed by atoms with Gasteiger partial charge in [0.15, 0.2) is 0 Å². The van der Waals surface area contributed by atoms with Gasteiger partial charge in [-0.05, 0) is 29.5 Å². The van der Waals surface area contributed by atoms with Crippen molar-refractivity contribution >= 4 is 10.0 Å². The van der Waals surface area contributed by atoms with Crippen LogP contribution in [-0.4, -0.2) is 15.0 Å². The van der Waals surface area contributed by atoms with Crippen molar-refractivity contribution in [2.45, 2.75) is 38.6 Å². The van der Waals surface area contributed by atoms with E-state index in [0.29, 0.717) is 5.56 Å². The van der Waals surface area contributed by atoms with Crippen LogP contribution in [0.1, 0.15) is 32.8 Å². The van der Waals surface area contributed by atoms with E-state index in [0.717, 1.165) is 12.5 Å². The highest BCUT2D eigenvalue weighted by atomic mass is 32.2. The number of nitrogens with two attached hydrogens (primary N) is 1. The molecule has 3 N–H and O–H groups in total. The topological polar surface area (TPSA) is 72.2 Å². The largest absolute Gasteiger partial charge is 0.326 e. The zero-order valence-corrected chi connectivity index (χ0v) is 12.3. The maximum atomic E-state index is 13.8. The summed E-state index contributed by atoms with van der Waals surface area (Å²) in [5, 5.41) is 0. The fourth-order valence-electron chi connectivity index (χ4n) is 1.38. The Morgan fingerprint density at radius 3 is 2.47 bits per heavy atom. The number of hydrogen-bond acceptors (Lipinski definition) is 3. The van der Waals surface area contributed by atoms with Crippen LogP contribution in [0.4, 0.5) is 4.39 Å². The van der Waals surface area contributed by atoms with Crippen molar-refractivity contribution in [1.82, 2.24) is 4.72 Å². The Balaban J connectivity index is 2.95. The summed E-state index contributed by atoms with van der Waals surface area (Å²) < 4.78 is 40.3. The van der Waals surface area contributed by atoms with Crippen molar-refractivity contribution in [2.24, 2.45) is 11.1 Å². The van der Waals surface area contributed by atoms with Gasteiger partial charge in [-0.3, -0.25) is 0 Å². The second-order valence-corrected chi connectivity index (χ2v) is 7.05. The number of halogens is 1. The highest BCUT2D eigenvalue weighted by Crippen LogP contribution is 2.20. The van der Waals surface area contributed by atoms with Crippen LogP contribution in [-0.2, 0) is 16.6 Å². The standard InChI is InChI=1S/C13H21FN2O2S/c1-4-13(2,3)9-16-19(17,18)12-6-5-10(8-15)7-11(12)14/h5-7,16H,4,8-9,15H2,1-3H3. The molecule has 1 aromatic rings. The van der Waals surface area contributed by atoms with Crippen LogP contribution in [0.25, 0.3) is 0 Å². The summed E-state index contributed by atoms with van der Waals surface area (Å²) in [5.74, 6) is -0.773. The van der Waals surface area contributed by atoms with Gasteiger partial charge in [-0.25, -0.2) is 17.5 Å². The molecule has 1 aromatic carbocycles. The Morgan fingerprint density at radius 2 is 2.00 bits per heavy atom. The molecule has 0 atom stereocenters. The Hall–Kier alpha value is -0.980. The minimum absolute atomic E-state index is 0.166. The number of rotatable bonds is 6. The maximum absolute atomic E-state index is 13.8. The second-order valence-electron chi connectivity index (χ2n) is 5.31. The molecule has 0 saturated heterocycles. The Morgan fingerprint density at radius 1 is 1.37 bits per heavy atom. The van der Waals surface area contributed by atoms with Crippen molar-refractivity contribution in [1.29, 1.82) is 0 Å². The lowest BCUT2D eigenvalue weighted by Crippen LogP contribution is -2.34. The minimum atomic E-state index is -3.83. The van der Waals surface area contributed by atoms with Crippen molar-refractivity contribution in [3.8, 4) is 0 Å². The average Bonchev–Trinajstić information content (AvgIpc) is 2.36. The molecule has 0 spiro atoms. The van der Waals surface area contributed by atoms with E-state index in [2.05, 4.69) is 4.72 Å². The van der Waals surface area contributed by atoms with Gasteiger partial charge in [-0.15, -0.1) is 0 Å². The van der Waals surface area contributed by atoms with Crippen LogP contribution in [0.5, 0.6) is 0 Å². The summed E-state index contributed by atoms with van der Waals surface area (Å²) in [6, 6.07) is 3.92. The van der Waals surface area contributed by atoms with Crippen LogP contribution in [0.15, 0.2) is 23.1 Å². The lowest BCUT2D eigenvalue weighted by atomic mass is 9.91. The van der Waals surface area contributed by atoms with Crippen molar-refractivity contribution in [3.63, 3.8) is 0 Å². The first-order chi connectivity index (χ1) is 8.72. The van der Waals surface area contributed by atoms with Gasteiger partial charge in [-0.2, -0.15) is 0 Å². The van der Waals surface area contributed by atoms with Gasteiger partial charge < -0.3 is 5.73 Å². The highest BCUT2D eigenvalue weighted by molar-refractivity contribution is 7.89. The smallest absolute Gasteiger partial charge is 0.243 e. The second kappa shape index (κ2) is 5.98. The molecule has 108 valence electrons. The number of benzene rings is 1. The van der Waals surface area contributed by atoms with Crippen molar-refractivity contribution < 1.29 is 12.8 Å². The minimum Gasteiger partial charge on any atom is -0.326 e. The van der Waals surface area contributed by atoms with E-state index >= 15 is 0 Å². The zero-order chi connectivity index (χ0) is 14.7. The fraction of sp³-hybridized carbons (Fsp3) is 0.538. The lowest BCUT2D eigenvalue weighted by Gasteiger charge is -2.22. The first-order valence-corrected chi connectivity index (χ1v) is 7.68. The molecular formula is C13H21FN2O2S. The first-order valence-electron chi connectivity index (χ1n) is 6.20. The zero-order valence-electron chi connectivity index (χ0n) is 11.5. The molecule has 1 rings (SSSR count). The van der Waals surface area contributed by atoms with Crippen molar-refractivity contribution in [3.05, 3.63) is 29.6 Å². The summed E-state index contributed by atoms with van der Waals surface area (Å²) in [5.41, 5.74) is 5.77. The van der Waals surface area contributed by atoms with Gasteiger partial charge in [-0.1, -0.05) is 26.8 Å². The summed E-state index contributed by atoms with van der Waals surface area (Å²) in [4.78, 5) is -0.336. The van der Waals surface area contributed by atoms with Gasteiger partial charge in [0.2, 0.25) is 10.0 Å². The Bertz CT molecular complexity index is 542. The van der Waals surface area contributed by atoms with Crippen molar-refractivity contribution in [2.75, 3.05) is 6.54 Å². The SMILES string of the molecule is CCC(C)(C)CNS(=O)(=O)c1ccc(CN)cc1F. The molecule has 0 bridgehead atoms. The molecule has 0 aliphatic heterocycles. The molecular weight excluding hydrogens is 267 g/mol. The number of sulfonamides is 1. The van der Waals surface area contributed by atoms with Gasteiger partial charge in [0.1, 0.15) is 10.7 Å². The fourth-order valence-corrected chi connectivity index (χ4v) is 2.68. The molecule has 0 amide bonds. The normalized spacial score (nSPS) is 12.7. The van der Waals surface area contributed by atoms with Gasteiger partial charge in [0, 0.05) is 13.1 Å². The molecule has 0 saturated carbocycles.